The highest BCUT2D eigenvalue weighted by molar-refractivity contribution is 5.17. The van der Waals surface area contributed by atoms with Crippen LogP contribution in [-0.4, -0.2) is 26.8 Å². The molecule has 0 aliphatic rings. The highest BCUT2D eigenvalue weighted by Gasteiger charge is 2.23. The molecule has 0 fully saturated rings. The minimum absolute atomic E-state index is 0.167. The molecule has 0 aliphatic heterocycles. The molecule has 0 saturated carbocycles. The van der Waals surface area contributed by atoms with Crippen LogP contribution in [0.15, 0.2) is 24.3 Å². The lowest BCUT2D eigenvalue weighted by Crippen LogP contribution is -2.35. The van der Waals surface area contributed by atoms with E-state index in [1.165, 1.54) is 5.56 Å². The van der Waals surface area contributed by atoms with Crippen LogP contribution < -0.4 is 5.32 Å². The first-order valence-corrected chi connectivity index (χ1v) is 7.04. The maximum atomic E-state index is 12.9. The van der Waals surface area contributed by atoms with Crippen LogP contribution in [0.3, 0.4) is 0 Å². The van der Waals surface area contributed by atoms with Gasteiger partial charge in [-0.1, -0.05) is 32.4 Å². The van der Waals surface area contributed by atoms with Crippen molar-refractivity contribution in [2.24, 2.45) is 5.41 Å². The standard InChI is InChI=1S/C16H26FNO/c1-4-9-16(2,13-18-10-11-19-3)12-14-5-7-15(17)8-6-14/h5-8,18H,4,9-13H2,1-3H3. The fourth-order valence-electron chi connectivity index (χ4n) is 2.50. The van der Waals surface area contributed by atoms with Crippen molar-refractivity contribution in [2.75, 3.05) is 26.8 Å². The third-order valence-corrected chi connectivity index (χ3v) is 3.43. The quantitative estimate of drug-likeness (QED) is 0.692. The Labute approximate surface area is 116 Å². The molecule has 2 nitrogen and oxygen atoms in total. The minimum atomic E-state index is -0.167. The van der Waals surface area contributed by atoms with Crippen LogP contribution in [0.2, 0.25) is 0 Å². The Morgan fingerprint density at radius 1 is 1.26 bits per heavy atom. The van der Waals surface area contributed by atoms with Gasteiger partial charge >= 0.3 is 0 Å². The smallest absolute Gasteiger partial charge is 0.123 e. The lowest BCUT2D eigenvalue weighted by molar-refractivity contribution is 0.190. The second kappa shape index (κ2) is 8.28. The maximum absolute atomic E-state index is 12.9. The number of rotatable bonds is 9. The highest BCUT2D eigenvalue weighted by Crippen LogP contribution is 2.27. The zero-order valence-corrected chi connectivity index (χ0v) is 12.3. The largest absolute Gasteiger partial charge is 0.383 e. The summed E-state index contributed by atoms with van der Waals surface area (Å²) in [5.74, 6) is -0.167. The molecule has 0 bridgehead atoms. The molecule has 1 aromatic carbocycles. The topological polar surface area (TPSA) is 21.3 Å². The van der Waals surface area contributed by atoms with Crippen molar-refractivity contribution in [1.29, 1.82) is 0 Å². The van der Waals surface area contributed by atoms with E-state index in [0.717, 1.165) is 39.0 Å². The van der Waals surface area contributed by atoms with Crippen LogP contribution >= 0.6 is 0 Å². The van der Waals surface area contributed by atoms with Crippen LogP contribution in [-0.2, 0) is 11.2 Å². The van der Waals surface area contributed by atoms with Gasteiger partial charge in [0.25, 0.3) is 0 Å². The molecular weight excluding hydrogens is 241 g/mol. The van der Waals surface area contributed by atoms with Gasteiger partial charge in [0.05, 0.1) is 6.61 Å². The Morgan fingerprint density at radius 3 is 2.53 bits per heavy atom. The predicted octanol–water partition coefficient (Wildman–Crippen LogP) is 3.41. The van der Waals surface area contributed by atoms with E-state index in [0.29, 0.717) is 0 Å². The van der Waals surface area contributed by atoms with Gasteiger partial charge in [-0.15, -0.1) is 0 Å². The third-order valence-electron chi connectivity index (χ3n) is 3.43. The number of hydrogen-bond donors (Lipinski definition) is 1. The second-order valence-corrected chi connectivity index (χ2v) is 5.53. The lowest BCUT2D eigenvalue weighted by Gasteiger charge is -2.30. The van der Waals surface area contributed by atoms with Gasteiger partial charge in [0, 0.05) is 20.2 Å². The SMILES string of the molecule is CCCC(C)(CNCCOC)Cc1ccc(F)cc1. The molecule has 0 heterocycles. The van der Waals surface area contributed by atoms with E-state index in [9.17, 15) is 4.39 Å². The Bertz CT molecular complexity index is 352. The summed E-state index contributed by atoms with van der Waals surface area (Å²) in [5.41, 5.74) is 1.41. The van der Waals surface area contributed by atoms with E-state index in [4.69, 9.17) is 4.74 Å². The minimum Gasteiger partial charge on any atom is -0.383 e. The van der Waals surface area contributed by atoms with Crippen molar-refractivity contribution in [3.63, 3.8) is 0 Å². The normalized spacial score (nSPS) is 14.3. The highest BCUT2D eigenvalue weighted by atomic mass is 19.1. The number of benzene rings is 1. The van der Waals surface area contributed by atoms with Crippen molar-refractivity contribution < 1.29 is 9.13 Å². The number of halogens is 1. The summed E-state index contributed by atoms with van der Waals surface area (Å²) in [6.07, 6.45) is 3.29. The van der Waals surface area contributed by atoms with Crippen molar-refractivity contribution in [2.45, 2.75) is 33.1 Å². The molecule has 0 aliphatic carbocycles. The Balaban J connectivity index is 2.56. The Kier molecular flexibility index (Phi) is 7.03. The first-order chi connectivity index (χ1) is 9.09. The summed E-state index contributed by atoms with van der Waals surface area (Å²) in [4.78, 5) is 0. The van der Waals surface area contributed by atoms with Crippen LogP contribution in [0.4, 0.5) is 4.39 Å². The van der Waals surface area contributed by atoms with Crippen molar-refractivity contribution in [1.82, 2.24) is 5.32 Å². The Morgan fingerprint density at radius 2 is 1.95 bits per heavy atom. The number of hydrogen-bond acceptors (Lipinski definition) is 2. The first kappa shape index (κ1) is 16.1. The third kappa shape index (κ3) is 6.17. The van der Waals surface area contributed by atoms with Gasteiger partial charge in [-0.05, 0) is 36.0 Å². The fourth-order valence-corrected chi connectivity index (χ4v) is 2.50. The summed E-state index contributed by atoms with van der Waals surface area (Å²) < 4.78 is 18.0. The van der Waals surface area contributed by atoms with E-state index in [1.807, 2.05) is 12.1 Å². The van der Waals surface area contributed by atoms with E-state index in [1.54, 1.807) is 19.2 Å². The fraction of sp³-hybridized carbons (Fsp3) is 0.625. The zero-order valence-electron chi connectivity index (χ0n) is 12.3. The molecule has 1 N–H and O–H groups in total. The number of nitrogens with one attached hydrogen (secondary N) is 1. The maximum Gasteiger partial charge on any atom is 0.123 e. The van der Waals surface area contributed by atoms with Crippen molar-refractivity contribution in [3.8, 4) is 0 Å². The van der Waals surface area contributed by atoms with E-state index < -0.39 is 0 Å². The molecule has 3 heteroatoms. The average Bonchev–Trinajstić information content (AvgIpc) is 2.38. The van der Waals surface area contributed by atoms with Gasteiger partial charge in [0.15, 0.2) is 0 Å². The van der Waals surface area contributed by atoms with E-state index >= 15 is 0 Å². The summed E-state index contributed by atoms with van der Waals surface area (Å²) in [7, 11) is 1.71. The molecule has 108 valence electrons. The van der Waals surface area contributed by atoms with Crippen molar-refractivity contribution >= 4 is 0 Å². The molecule has 1 unspecified atom stereocenters. The summed E-state index contributed by atoms with van der Waals surface area (Å²) in [6, 6.07) is 6.86. The second-order valence-electron chi connectivity index (χ2n) is 5.53. The van der Waals surface area contributed by atoms with E-state index in [2.05, 4.69) is 19.2 Å². The molecule has 1 aromatic rings. The van der Waals surface area contributed by atoms with Crippen LogP contribution in [0.25, 0.3) is 0 Å². The molecule has 0 radical (unpaired) electrons. The Hall–Kier alpha value is -0.930. The van der Waals surface area contributed by atoms with Gasteiger partial charge < -0.3 is 10.1 Å². The van der Waals surface area contributed by atoms with Crippen LogP contribution in [0.5, 0.6) is 0 Å². The van der Waals surface area contributed by atoms with Gasteiger partial charge in [-0.25, -0.2) is 4.39 Å². The molecule has 19 heavy (non-hydrogen) atoms. The molecule has 1 atom stereocenters. The first-order valence-electron chi connectivity index (χ1n) is 7.04. The monoisotopic (exact) mass is 267 g/mol. The number of ether oxygens (including phenoxy) is 1. The zero-order chi connectivity index (χ0) is 14.1. The summed E-state index contributed by atoms with van der Waals surface area (Å²) >= 11 is 0. The molecule has 0 saturated heterocycles. The summed E-state index contributed by atoms with van der Waals surface area (Å²) in [6.45, 7) is 7.07. The van der Waals surface area contributed by atoms with Crippen LogP contribution in [0.1, 0.15) is 32.3 Å². The van der Waals surface area contributed by atoms with Crippen LogP contribution in [0, 0.1) is 11.2 Å². The molecular formula is C16H26FNO. The summed E-state index contributed by atoms with van der Waals surface area (Å²) in [5, 5.41) is 3.44. The van der Waals surface area contributed by atoms with E-state index in [-0.39, 0.29) is 11.2 Å². The molecule has 0 spiro atoms. The van der Waals surface area contributed by atoms with Gasteiger partial charge in [-0.3, -0.25) is 0 Å². The molecule has 0 aromatic heterocycles. The number of methoxy groups -OCH3 is 1. The van der Waals surface area contributed by atoms with Gasteiger partial charge in [0.1, 0.15) is 5.82 Å². The molecule has 1 rings (SSSR count). The molecule has 0 amide bonds. The average molecular weight is 267 g/mol. The van der Waals surface area contributed by atoms with Crippen molar-refractivity contribution in [3.05, 3.63) is 35.6 Å². The predicted molar refractivity (Wildman–Crippen MR) is 77.9 cm³/mol. The van der Waals surface area contributed by atoms with Gasteiger partial charge in [0.2, 0.25) is 0 Å². The van der Waals surface area contributed by atoms with Gasteiger partial charge in [-0.2, -0.15) is 0 Å². The lowest BCUT2D eigenvalue weighted by atomic mass is 9.79.